The average Bonchev–Trinajstić information content (AvgIpc) is 2.52. The minimum atomic E-state index is 0.0771. The van der Waals surface area contributed by atoms with Crippen LogP contribution in [0, 0.1) is 0 Å². The van der Waals surface area contributed by atoms with E-state index in [-0.39, 0.29) is 5.54 Å². The predicted octanol–water partition coefficient (Wildman–Crippen LogP) is 3.81. The molecule has 2 N–H and O–H groups in total. The van der Waals surface area contributed by atoms with Crippen LogP contribution in [0.4, 0.5) is 0 Å². The second kappa shape index (κ2) is 9.06. The largest absolute Gasteiger partial charge is 0.497 e. The highest BCUT2D eigenvalue weighted by Gasteiger charge is 2.27. The molecule has 1 aromatic rings. The minimum absolute atomic E-state index is 0.0771. The lowest BCUT2D eigenvalue weighted by Gasteiger charge is -2.38. The van der Waals surface area contributed by atoms with Crippen molar-refractivity contribution in [1.29, 1.82) is 0 Å². The summed E-state index contributed by atoms with van der Waals surface area (Å²) in [6.45, 7) is 6.15. The van der Waals surface area contributed by atoms with Gasteiger partial charge in [-0.05, 0) is 38.1 Å². The standard InChI is InChI=1S/C18H32N2O/c1-5-6-7-8-13-18(2,15-19)20(3)14-16-9-11-17(21-4)12-10-16/h9-12H,5-8,13-15,19H2,1-4H3. The Hall–Kier alpha value is -1.06. The lowest BCUT2D eigenvalue weighted by molar-refractivity contribution is 0.122. The van der Waals surface area contributed by atoms with Crippen LogP contribution in [0.5, 0.6) is 5.75 Å². The molecule has 21 heavy (non-hydrogen) atoms. The van der Waals surface area contributed by atoms with Crippen molar-refractivity contribution in [3.8, 4) is 5.75 Å². The maximum Gasteiger partial charge on any atom is 0.118 e. The predicted molar refractivity (Wildman–Crippen MR) is 90.7 cm³/mol. The summed E-state index contributed by atoms with van der Waals surface area (Å²) in [6.07, 6.45) is 6.33. The highest BCUT2D eigenvalue weighted by Crippen LogP contribution is 2.23. The van der Waals surface area contributed by atoms with Gasteiger partial charge in [0.25, 0.3) is 0 Å². The zero-order chi connectivity index (χ0) is 15.7. The number of rotatable bonds is 10. The smallest absolute Gasteiger partial charge is 0.118 e. The van der Waals surface area contributed by atoms with Crippen LogP contribution in [0.3, 0.4) is 0 Å². The maximum atomic E-state index is 6.06. The van der Waals surface area contributed by atoms with Crippen molar-refractivity contribution in [2.45, 2.75) is 58.0 Å². The molecule has 0 aliphatic rings. The van der Waals surface area contributed by atoms with Gasteiger partial charge in [0.1, 0.15) is 5.75 Å². The summed E-state index contributed by atoms with van der Waals surface area (Å²) in [7, 11) is 3.87. The Balaban J connectivity index is 2.57. The van der Waals surface area contributed by atoms with Crippen molar-refractivity contribution in [3.63, 3.8) is 0 Å². The van der Waals surface area contributed by atoms with Crippen molar-refractivity contribution < 1.29 is 4.74 Å². The summed E-state index contributed by atoms with van der Waals surface area (Å²) in [5.74, 6) is 0.905. The fraction of sp³-hybridized carbons (Fsp3) is 0.667. The number of nitrogens with two attached hydrogens (primary N) is 1. The van der Waals surface area contributed by atoms with Gasteiger partial charge in [-0.15, -0.1) is 0 Å². The molecule has 0 heterocycles. The van der Waals surface area contributed by atoms with E-state index < -0.39 is 0 Å². The van der Waals surface area contributed by atoms with Gasteiger partial charge >= 0.3 is 0 Å². The number of likely N-dealkylation sites (N-methyl/N-ethyl adjacent to an activating group) is 1. The Morgan fingerprint density at radius 3 is 2.33 bits per heavy atom. The van der Waals surface area contributed by atoms with Crippen molar-refractivity contribution in [3.05, 3.63) is 29.8 Å². The quantitative estimate of drug-likeness (QED) is 0.666. The molecule has 1 unspecified atom stereocenters. The molecule has 0 spiro atoms. The summed E-state index contributed by atoms with van der Waals surface area (Å²) >= 11 is 0. The fourth-order valence-electron chi connectivity index (χ4n) is 2.58. The van der Waals surface area contributed by atoms with E-state index in [0.717, 1.165) is 18.7 Å². The van der Waals surface area contributed by atoms with Crippen molar-refractivity contribution in [1.82, 2.24) is 4.90 Å². The van der Waals surface area contributed by atoms with E-state index in [1.54, 1.807) is 7.11 Å². The van der Waals surface area contributed by atoms with Crippen LogP contribution in [-0.2, 0) is 6.54 Å². The van der Waals surface area contributed by atoms with E-state index in [2.05, 4.69) is 37.9 Å². The first-order valence-electron chi connectivity index (χ1n) is 8.10. The molecular formula is C18H32N2O. The lowest BCUT2D eigenvalue weighted by Crippen LogP contribution is -2.49. The van der Waals surface area contributed by atoms with Gasteiger partial charge in [-0.2, -0.15) is 0 Å². The zero-order valence-corrected chi connectivity index (χ0v) is 14.2. The number of hydrogen-bond donors (Lipinski definition) is 1. The van der Waals surface area contributed by atoms with Gasteiger partial charge in [-0.25, -0.2) is 0 Å². The Kier molecular flexibility index (Phi) is 7.76. The molecule has 0 aliphatic carbocycles. The topological polar surface area (TPSA) is 38.5 Å². The summed E-state index contributed by atoms with van der Waals surface area (Å²) in [4.78, 5) is 2.39. The molecule has 3 heteroatoms. The third-order valence-corrected chi connectivity index (χ3v) is 4.51. The van der Waals surface area contributed by atoms with Gasteiger partial charge in [0.05, 0.1) is 7.11 Å². The lowest BCUT2D eigenvalue weighted by atomic mass is 9.92. The molecule has 0 aliphatic heterocycles. The van der Waals surface area contributed by atoms with Crippen LogP contribution in [0.25, 0.3) is 0 Å². The Labute approximate surface area is 130 Å². The molecule has 0 saturated carbocycles. The number of hydrogen-bond acceptors (Lipinski definition) is 3. The molecule has 0 aromatic heterocycles. The maximum absolute atomic E-state index is 6.06. The van der Waals surface area contributed by atoms with Crippen LogP contribution in [0.15, 0.2) is 24.3 Å². The van der Waals surface area contributed by atoms with E-state index >= 15 is 0 Å². The monoisotopic (exact) mass is 292 g/mol. The van der Waals surface area contributed by atoms with Gasteiger partial charge in [0.2, 0.25) is 0 Å². The first kappa shape index (κ1) is 18.0. The molecule has 1 atom stereocenters. The van der Waals surface area contributed by atoms with Crippen molar-refractivity contribution >= 4 is 0 Å². The van der Waals surface area contributed by atoms with E-state index in [1.807, 2.05) is 12.1 Å². The molecule has 0 bridgehead atoms. The van der Waals surface area contributed by atoms with Crippen LogP contribution in [-0.4, -0.2) is 31.1 Å². The minimum Gasteiger partial charge on any atom is -0.497 e. The third-order valence-electron chi connectivity index (χ3n) is 4.51. The van der Waals surface area contributed by atoms with Crippen molar-refractivity contribution in [2.24, 2.45) is 5.73 Å². The summed E-state index contributed by atoms with van der Waals surface area (Å²) < 4.78 is 5.21. The molecule has 1 aromatic carbocycles. The first-order chi connectivity index (χ1) is 10.1. The Morgan fingerprint density at radius 1 is 1.14 bits per heavy atom. The first-order valence-corrected chi connectivity index (χ1v) is 8.10. The Bertz CT molecular complexity index is 391. The van der Waals surface area contributed by atoms with Crippen LogP contribution < -0.4 is 10.5 Å². The van der Waals surface area contributed by atoms with Gasteiger partial charge in [0, 0.05) is 18.6 Å². The van der Waals surface area contributed by atoms with E-state index in [0.29, 0.717) is 6.54 Å². The van der Waals surface area contributed by atoms with Crippen LogP contribution >= 0.6 is 0 Å². The normalized spacial score (nSPS) is 14.2. The molecular weight excluding hydrogens is 260 g/mol. The molecule has 0 amide bonds. The SMILES string of the molecule is CCCCCCC(C)(CN)N(C)Cc1ccc(OC)cc1. The molecule has 120 valence electrons. The van der Waals surface area contributed by atoms with Gasteiger partial charge in [-0.1, -0.05) is 44.7 Å². The third kappa shape index (κ3) is 5.68. The van der Waals surface area contributed by atoms with Crippen molar-refractivity contribution in [2.75, 3.05) is 20.7 Å². The molecule has 3 nitrogen and oxygen atoms in total. The zero-order valence-electron chi connectivity index (χ0n) is 14.2. The number of methoxy groups -OCH3 is 1. The highest BCUT2D eigenvalue weighted by molar-refractivity contribution is 5.27. The summed E-state index contributed by atoms with van der Waals surface area (Å²) in [6, 6.07) is 8.29. The summed E-state index contributed by atoms with van der Waals surface area (Å²) in [5.41, 5.74) is 7.44. The van der Waals surface area contributed by atoms with E-state index in [1.165, 1.54) is 31.2 Å². The molecule has 0 radical (unpaired) electrons. The van der Waals surface area contributed by atoms with Crippen LogP contribution in [0.1, 0.15) is 51.5 Å². The molecule has 1 rings (SSSR count). The second-order valence-corrected chi connectivity index (χ2v) is 6.22. The highest BCUT2D eigenvalue weighted by atomic mass is 16.5. The summed E-state index contributed by atoms with van der Waals surface area (Å²) in [5, 5.41) is 0. The molecule has 0 fully saturated rings. The average molecular weight is 292 g/mol. The van der Waals surface area contributed by atoms with Gasteiger partial charge in [0.15, 0.2) is 0 Å². The van der Waals surface area contributed by atoms with Gasteiger partial charge in [-0.3, -0.25) is 4.90 Å². The van der Waals surface area contributed by atoms with Gasteiger partial charge < -0.3 is 10.5 Å². The Morgan fingerprint density at radius 2 is 1.81 bits per heavy atom. The fourth-order valence-corrected chi connectivity index (χ4v) is 2.58. The second-order valence-electron chi connectivity index (χ2n) is 6.22. The number of ether oxygens (including phenoxy) is 1. The number of benzene rings is 1. The number of nitrogens with zero attached hydrogens (tertiary/aromatic N) is 1. The van der Waals surface area contributed by atoms with Crippen LogP contribution in [0.2, 0.25) is 0 Å². The number of unbranched alkanes of at least 4 members (excludes halogenated alkanes) is 3. The van der Waals surface area contributed by atoms with E-state index in [9.17, 15) is 0 Å². The molecule has 0 saturated heterocycles. The van der Waals surface area contributed by atoms with E-state index in [4.69, 9.17) is 10.5 Å².